The summed E-state index contributed by atoms with van der Waals surface area (Å²) in [5.41, 5.74) is 11.1. The zero-order valence-electron chi connectivity index (χ0n) is 21.0. The summed E-state index contributed by atoms with van der Waals surface area (Å²) in [6, 6.07) is 36.3. The summed E-state index contributed by atoms with van der Waals surface area (Å²) < 4.78 is 0. The van der Waals surface area contributed by atoms with E-state index in [9.17, 15) is 0 Å². The average molecular weight is 518 g/mol. The molecule has 0 fully saturated rings. The van der Waals surface area contributed by atoms with Crippen molar-refractivity contribution in [3.63, 3.8) is 0 Å². The number of benzene rings is 3. The lowest BCUT2D eigenvalue weighted by molar-refractivity contribution is 1.27. The van der Waals surface area contributed by atoms with Crippen LogP contribution in [0, 0.1) is 0 Å². The van der Waals surface area contributed by atoms with Crippen molar-refractivity contribution in [3.05, 3.63) is 139 Å². The lowest BCUT2D eigenvalue weighted by atomic mass is 9.95. The molecule has 0 aliphatic carbocycles. The lowest BCUT2D eigenvalue weighted by Gasteiger charge is -2.13. The topological polar surface area (TPSA) is 38.7 Å². The van der Waals surface area contributed by atoms with Crippen molar-refractivity contribution in [2.75, 3.05) is 0 Å². The van der Waals surface area contributed by atoms with E-state index >= 15 is 0 Å². The minimum Gasteiger partial charge on any atom is -0.265 e. The van der Waals surface area contributed by atoms with Gasteiger partial charge in [-0.15, -0.1) is 0 Å². The predicted octanol–water partition coefficient (Wildman–Crippen LogP) is 9.17. The quantitative estimate of drug-likeness (QED) is 0.233. The molecule has 3 aromatic heterocycles. The second kappa shape index (κ2) is 10.2. The third kappa shape index (κ3) is 4.67. The first-order chi connectivity index (χ1) is 19.3. The monoisotopic (exact) mass is 517 g/mol. The van der Waals surface area contributed by atoms with E-state index in [-0.39, 0.29) is 0 Å². The maximum Gasteiger partial charge on any atom is 0.0716 e. The largest absolute Gasteiger partial charge is 0.265 e. The van der Waals surface area contributed by atoms with E-state index in [1.807, 2.05) is 36.0 Å². The molecule has 0 N–H and O–H groups in total. The van der Waals surface area contributed by atoms with Gasteiger partial charge in [0.25, 0.3) is 0 Å². The second-order valence-electron chi connectivity index (χ2n) is 9.37. The van der Waals surface area contributed by atoms with Gasteiger partial charge in [-0.1, -0.05) is 78.5 Å². The van der Waals surface area contributed by atoms with Gasteiger partial charge in [0.2, 0.25) is 0 Å². The molecule has 6 aromatic rings. The van der Waals surface area contributed by atoms with E-state index in [1.165, 1.54) is 32.0 Å². The molecule has 0 radical (unpaired) electrons. The van der Waals surface area contributed by atoms with E-state index in [2.05, 4.69) is 101 Å². The molecule has 3 nitrogen and oxygen atoms in total. The SMILES string of the molecule is C1=Cc2c(cccc2-c2ccc(-c3cc(-c4ccncc4)nc(-c4ccncc4)c3)cc2)Sc2ccccc21. The molecule has 7 rings (SSSR count). The van der Waals surface area contributed by atoms with Crippen molar-refractivity contribution in [1.29, 1.82) is 0 Å². The van der Waals surface area contributed by atoms with Gasteiger partial charge in [0, 0.05) is 45.7 Å². The van der Waals surface area contributed by atoms with E-state index < -0.39 is 0 Å². The first kappa shape index (κ1) is 23.3. The summed E-state index contributed by atoms with van der Waals surface area (Å²) in [6.45, 7) is 0. The zero-order chi connectivity index (χ0) is 26.0. The number of rotatable bonds is 4. The Balaban J connectivity index is 1.29. The number of hydrogen-bond acceptors (Lipinski definition) is 4. The summed E-state index contributed by atoms with van der Waals surface area (Å²) in [7, 11) is 0. The Kier molecular flexibility index (Phi) is 6.08. The van der Waals surface area contributed by atoms with Crippen molar-refractivity contribution in [3.8, 4) is 44.8 Å². The molecule has 0 atom stereocenters. The van der Waals surface area contributed by atoms with Crippen molar-refractivity contribution in [1.82, 2.24) is 15.0 Å². The van der Waals surface area contributed by atoms with Crippen molar-refractivity contribution < 1.29 is 0 Å². The van der Waals surface area contributed by atoms with Gasteiger partial charge in [-0.05, 0) is 81.9 Å². The van der Waals surface area contributed by atoms with Crippen LogP contribution in [0.5, 0.6) is 0 Å². The lowest BCUT2D eigenvalue weighted by Crippen LogP contribution is -1.92. The van der Waals surface area contributed by atoms with Crippen LogP contribution in [0.2, 0.25) is 0 Å². The van der Waals surface area contributed by atoms with Crippen LogP contribution in [0.3, 0.4) is 0 Å². The molecule has 0 saturated carbocycles. The Labute approximate surface area is 232 Å². The van der Waals surface area contributed by atoms with Crippen molar-refractivity contribution in [2.24, 2.45) is 0 Å². The second-order valence-corrected chi connectivity index (χ2v) is 10.4. The molecule has 39 heavy (non-hydrogen) atoms. The molecule has 0 saturated heterocycles. The average Bonchev–Trinajstić information content (AvgIpc) is 3.21. The van der Waals surface area contributed by atoms with Gasteiger partial charge in [0.1, 0.15) is 0 Å². The van der Waals surface area contributed by atoms with E-state index in [1.54, 1.807) is 24.8 Å². The highest BCUT2D eigenvalue weighted by Gasteiger charge is 2.14. The first-order valence-corrected chi connectivity index (χ1v) is 13.7. The van der Waals surface area contributed by atoms with Crippen LogP contribution < -0.4 is 0 Å². The Morgan fingerprint density at radius 3 is 1.77 bits per heavy atom. The smallest absolute Gasteiger partial charge is 0.0716 e. The Morgan fingerprint density at radius 1 is 0.462 bits per heavy atom. The number of hydrogen-bond donors (Lipinski definition) is 0. The summed E-state index contributed by atoms with van der Waals surface area (Å²) in [5.74, 6) is 0. The van der Waals surface area contributed by atoms with Gasteiger partial charge in [0.05, 0.1) is 11.4 Å². The molecule has 0 bridgehead atoms. The standard InChI is InChI=1S/C35H23N3S/c1-2-6-34-28(4-1)12-13-31-30(5-3-7-35(31)39-34)25-10-8-24(9-11-25)29-22-32(26-14-18-36-19-15-26)38-33(23-29)27-16-20-37-21-17-27/h1-23H. The van der Waals surface area contributed by atoms with Crippen LogP contribution in [0.1, 0.15) is 11.1 Å². The number of fused-ring (bicyclic) bond motifs is 2. The van der Waals surface area contributed by atoms with E-state index in [0.717, 1.165) is 33.6 Å². The number of nitrogens with zero attached hydrogens (tertiary/aromatic N) is 3. The maximum absolute atomic E-state index is 4.97. The van der Waals surface area contributed by atoms with Crippen LogP contribution in [0.15, 0.2) is 138 Å². The summed E-state index contributed by atoms with van der Waals surface area (Å²) in [5, 5.41) is 0. The maximum atomic E-state index is 4.97. The molecule has 1 aliphatic rings. The number of aromatic nitrogens is 3. The van der Waals surface area contributed by atoms with Crippen LogP contribution in [-0.4, -0.2) is 15.0 Å². The molecule has 4 heteroatoms. The summed E-state index contributed by atoms with van der Waals surface area (Å²) >= 11 is 1.83. The molecule has 1 aliphatic heterocycles. The predicted molar refractivity (Wildman–Crippen MR) is 161 cm³/mol. The van der Waals surface area contributed by atoms with Gasteiger partial charge in [-0.2, -0.15) is 0 Å². The van der Waals surface area contributed by atoms with Gasteiger partial charge in [-0.25, -0.2) is 4.98 Å². The highest BCUT2D eigenvalue weighted by Crippen LogP contribution is 2.41. The molecule has 184 valence electrons. The fraction of sp³-hybridized carbons (Fsp3) is 0. The van der Waals surface area contributed by atoms with Crippen LogP contribution in [0.25, 0.3) is 56.9 Å². The fourth-order valence-electron chi connectivity index (χ4n) is 4.94. The minimum atomic E-state index is 0.917. The Morgan fingerprint density at radius 2 is 1.08 bits per heavy atom. The zero-order valence-corrected chi connectivity index (χ0v) is 21.8. The molecule has 0 spiro atoms. The molecule has 4 heterocycles. The van der Waals surface area contributed by atoms with Gasteiger partial charge in [0.15, 0.2) is 0 Å². The minimum absolute atomic E-state index is 0.917. The van der Waals surface area contributed by atoms with E-state index in [0.29, 0.717) is 0 Å². The van der Waals surface area contributed by atoms with Crippen LogP contribution in [-0.2, 0) is 0 Å². The summed E-state index contributed by atoms with van der Waals surface area (Å²) in [4.78, 5) is 15.9. The van der Waals surface area contributed by atoms with Gasteiger partial charge in [-0.3, -0.25) is 9.97 Å². The summed E-state index contributed by atoms with van der Waals surface area (Å²) in [6.07, 6.45) is 11.7. The third-order valence-corrected chi connectivity index (χ3v) is 8.11. The Hall–Kier alpha value is -4.80. The normalized spacial score (nSPS) is 11.9. The Bertz CT molecular complexity index is 1750. The van der Waals surface area contributed by atoms with E-state index in [4.69, 9.17) is 4.98 Å². The molecule has 0 unspecified atom stereocenters. The third-order valence-electron chi connectivity index (χ3n) is 6.94. The highest BCUT2D eigenvalue weighted by molar-refractivity contribution is 7.99. The van der Waals surface area contributed by atoms with Gasteiger partial charge >= 0.3 is 0 Å². The molecular weight excluding hydrogens is 494 g/mol. The van der Waals surface area contributed by atoms with Crippen molar-refractivity contribution >= 4 is 23.9 Å². The first-order valence-electron chi connectivity index (χ1n) is 12.8. The number of pyridine rings is 3. The fourth-order valence-corrected chi connectivity index (χ4v) is 6.01. The van der Waals surface area contributed by atoms with Crippen LogP contribution >= 0.6 is 11.8 Å². The molecule has 3 aromatic carbocycles. The van der Waals surface area contributed by atoms with Gasteiger partial charge < -0.3 is 0 Å². The van der Waals surface area contributed by atoms with Crippen molar-refractivity contribution in [2.45, 2.75) is 9.79 Å². The molecule has 0 amide bonds. The molecular formula is C35H23N3S. The highest BCUT2D eigenvalue weighted by atomic mass is 32.2. The van der Waals surface area contributed by atoms with Crippen LogP contribution in [0.4, 0.5) is 0 Å².